The highest BCUT2D eigenvalue weighted by Crippen LogP contribution is 2.25. The van der Waals surface area contributed by atoms with Crippen LogP contribution in [0.25, 0.3) is 0 Å². The summed E-state index contributed by atoms with van der Waals surface area (Å²) >= 11 is 0. The predicted octanol–water partition coefficient (Wildman–Crippen LogP) is 2.26. The van der Waals surface area contributed by atoms with Gasteiger partial charge in [-0.3, -0.25) is 5.84 Å². The van der Waals surface area contributed by atoms with Gasteiger partial charge in [0.1, 0.15) is 0 Å². The van der Waals surface area contributed by atoms with Gasteiger partial charge in [0.25, 0.3) is 0 Å². The van der Waals surface area contributed by atoms with Gasteiger partial charge < -0.3 is 0 Å². The number of nitrogens with one attached hydrogen (secondary N) is 1. The van der Waals surface area contributed by atoms with E-state index in [0.717, 1.165) is 16.7 Å². The number of hydrazine groups is 1. The lowest BCUT2D eigenvalue weighted by Gasteiger charge is -2.19. The first kappa shape index (κ1) is 15.7. The summed E-state index contributed by atoms with van der Waals surface area (Å²) < 4.78 is 23.0. The van der Waals surface area contributed by atoms with Crippen molar-refractivity contribution in [3.8, 4) is 0 Å². The van der Waals surface area contributed by atoms with Crippen molar-refractivity contribution in [2.45, 2.75) is 24.8 Å². The van der Waals surface area contributed by atoms with Crippen molar-refractivity contribution in [2.75, 3.05) is 6.26 Å². The van der Waals surface area contributed by atoms with Crippen molar-refractivity contribution in [3.05, 3.63) is 64.7 Å². The normalized spacial score (nSPS) is 13.1. The standard InChI is InChI=1S/C16H20N2O2S/c1-11-4-9-15(12(2)10-11)16(18-17)13-5-7-14(8-6-13)21(3,19)20/h4-10,16,18H,17H2,1-3H3. The summed E-state index contributed by atoms with van der Waals surface area (Å²) in [6.45, 7) is 4.08. The van der Waals surface area contributed by atoms with Crippen LogP contribution in [0.15, 0.2) is 47.4 Å². The zero-order chi connectivity index (χ0) is 15.6. The Balaban J connectivity index is 2.42. The van der Waals surface area contributed by atoms with Gasteiger partial charge in [0, 0.05) is 6.26 Å². The molecular weight excluding hydrogens is 284 g/mol. The minimum Gasteiger partial charge on any atom is -0.271 e. The Morgan fingerprint density at radius 1 is 1.05 bits per heavy atom. The maximum absolute atomic E-state index is 11.5. The zero-order valence-corrected chi connectivity index (χ0v) is 13.2. The number of nitrogens with two attached hydrogens (primary N) is 1. The first-order valence-electron chi connectivity index (χ1n) is 6.66. The Morgan fingerprint density at radius 2 is 1.67 bits per heavy atom. The van der Waals surface area contributed by atoms with Gasteiger partial charge in [-0.25, -0.2) is 13.8 Å². The van der Waals surface area contributed by atoms with Crippen LogP contribution in [0.2, 0.25) is 0 Å². The van der Waals surface area contributed by atoms with E-state index in [9.17, 15) is 8.42 Å². The lowest BCUT2D eigenvalue weighted by molar-refractivity contribution is 0.601. The molecule has 0 saturated carbocycles. The van der Waals surface area contributed by atoms with E-state index in [1.54, 1.807) is 24.3 Å². The molecule has 0 fully saturated rings. The van der Waals surface area contributed by atoms with Crippen LogP contribution in [0.5, 0.6) is 0 Å². The van der Waals surface area contributed by atoms with Crippen molar-refractivity contribution < 1.29 is 8.42 Å². The summed E-state index contributed by atoms with van der Waals surface area (Å²) in [6.07, 6.45) is 1.20. The van der Waals surface area contributed by atoms with Gasteiger partial charge in [0.15, 0.2) is 9.84 Å². The molecule has 0 aromatic heterocycles. The first-order chi connectivity index (χ1) is 9.82. The maximum atomic E-state index is 11.5. The number of aryl methyl sites for hydroxylation is 2. The second-order valence-electron chi connectivity index (χ2n) is 5.30. The largest absolute Gasteiger partial charge is 0.271 e. The number of hydrogen-bond acceptors (Lipinski definition) is 4. The zero-order valence-electron chi connectivity index (χ0n) is 12.4. The molecule has 0 aliphatic heterocycles. The Bertz CT molecular complexity index is 737. The molecule has 5 heteroatoms. The third-order valence-electron chi connectivity index (χ3n) is 3.54. The molecule has 112 valence electrons. The van der Waals surface area contributed by atoms with Crippen molar-refractivity contribution in [3.63, 3.8) is 0 Å². The molecule has 3 N–H and O–H groups in total. The Morgan fingerprint density at radius 3 is 2.14 bits per heavy atom. The third kappa shape index (κ3) is 3.50. The molecular formula is C16H20N2O2S. The third-order valence-corrected chi connectivity index (χ3v) is 4.67. The Labute approximate surface area is 125 Å². The van der Waals surface area contributed by atoms with Crippen LogP contribution in [-0.2, 0) is 9.84 Å². The van der Waals surface area contributed by atoms with Gasteiger partial charge in [0.05, 0.1) is 10.9 Å². The van der Waals surface area contributed by atoms with E-state index in [2.05, 4.69) is 11.5 Å². The van der Waals surface area contributed by atoms with Gasteiger partial charge in [-0.15, -0.1) is 0 Å². The number of benzene rings is 2. The van der Waals surface area contributed by atoms with Gasteiger partial charge in [0.2, 0.25) is 0 Å². The molecule has 1 atom stereocenters. The molecule has 0 radical (unpaired) electrons. The van der Waals surface area contributed by atoms with E-state index >= 15 is 0 Å². The number of sulfone groups is 1. The average Bonchev–Trinajstić information content (AvgIpc) is 2.41. The molecule has 0 saturated heterocycles. The molecule has 2 rings (SSSR count). The minimum atomic E-state index is -3.18. The van der Waals surface area contributed by atoms with E-state index in [1.807, 2.05) is 26.0 Å². The van der Waals surface area contributed by atoms with E-state index in [4.69, 9.17) is 5.84 Å². The van der Waals surface area contributed by atoms with Gasteiger partial charge in [-0.2, -0.15) is 0 Å². The van der Waals surface area contributed by atoms with Crippen LogP contribution in [-0.4, -0.2) is 14.7 Å². The lowest BCUT2D eigenvalue weighted by atomic mass is 9.94. The second-order valence-corrected chi connectivity index (χ2v) is 7.32. The fourth-order valence-electron chi connectivity index (χ4n) is 2.42. The van der Waals surface area contributed by atoms with E-state index in [1.165, 1.54) is 11.8 Å². The van der Waals surface area contributed by atoms with Crippen molar-refractivity contribution in [1.29, 1.82) is 0 Å². The van der Waals surface area contributed by atoms with Crippen LogP contribution < -0.4 is 11.3 Å². The molecule has 0 heterocycles. The van der Waals surface area contributed by atoms with Crippen LogP contribution in [0, 0.1) is 13.8 Å². The molecule has 2 aromatic carbocycles. The molecule has 0 spiro atoms. The van der Waals surface area contributed by atoms with Crippen LogP contribution in [0.1, 0.15) is 28.3 Å². The summed E-state index contributed by atoms with van der Waals surface area (Å²) in [6, 6.07) is 12.8. The highest BCUT2D eigenvalue weighted by Gasteiger charge is 2.15. The predicted molar refractivity (Wildman–Crippen MR) is 84.6 cm³/mol. The molecule has 1 unspecified atom stereocenters. The SMILES string of the molecule is Cc1ccc(C(NN)c2ccc(S(C)(=O)=O)cc2)c(C)c1. The quantitative estimate of drug-likeness (QED) is 0.671. The molecule has 4 nitrogen and oxygen atoms in total. The molecule has 2 aromatic rings. The Kier molecular flexibility index (Phi) is 4.46. The monoisotopic (exact) mass is 304 g/mol. The Hall–Kier alpha value is -1.69. The lowest BCUT2D eigenvalue weighted by Crippen LogP contribution is -2.29. The summed E-state index contributed by atoms with van der Waals surface area (Å²) in [5.41, 5.74) is 7.15. The minimum absolute atomic E-state index is 0.167. The average molecular weight is 304 g/mol. The number of rotatable bonds is 4. The first-order valence-corrected chi connectivity index (χ1v) is 8.55. The highest BCUT2D eigenvalue weighted by atomic mass is 32.2. The fourth-order valence-corrected chi connectivity index (χ4v) is 3.05. The van der Waals surface area contributed by atoms with E-state index < -0.39 is 9.84 Å². The summed E-state index contributed by atoms with van der Waals surface area (Å²) in [5, 5.41) is 0. The van der Waals surface area contributed by atoms with Crippen LogP contribution in [0.3, 0.4) is 0 Å². The van der Waals surface area contributed by atoms with Crippen molar-refractivity contribution in [2.24, 2.45) is 5.84 Å². The van der Waals surface area contributed by atoms with E-state index in [-0.39, 0.29) is 6.04 Å². The molecule has 21 heavy (non-hydrogen) atoms. The van der Waals surface area contributed by atoms with Crippen molar-refractivity contribution >= 4 is 9.84 Å². The van der Waals surface area contributed by atoms with Crippen LogP contribution >= 0.6 is 0 Å². The molecule has 0 amide bonds. The van der Waals surface area contributed by atoms with Gasteiger partial charge >= 0.3 is 0 Å². The summed E-state index contributed by atoms with van der Waals surface area (Å²) in [7, 11) is -3.18. The van der Waals surface area contributed by atoms with E-state index in [0.29, 0.717) is 4.90 Å². The molecule has 0 aliphatic rings. The van der Waals surface area contributed by atoms with Crippen molar-refractivity contribution in [1.82, 2.24) is 5.43 Å². The van der Waals surface area contributed by atoms with Crippen LogP contribution in [0.4, 0.5) is 0 Å². The highest BCUT2D eigenvalue weighted by molar-refractivity contribution is 7.90. The topological polar surface area (TPSA) is 72.2 Å². The molecule has 0 bridgehead atoms. The van der Waals surface area contributed by atoms with Gasteiger partial charge in [-0.1, -0.05) is 35.9 Å². The number of hydrogen-bond donors (Lipinski definition) is 2. The molecule has 0 aliphatic carbocycles. The summed E-state index contributed by atoms with van der Waals surface area (Å²) in [4.78, 5) is 0.308. The fraction of sp³-hybridized carbons (Fsp3) is 0.250. The summed E-state index contributed by atoms with van der Waals surface area (Å²) in [5.74, 6) is 5.70. The van der Waals surface area contributed by atoms with Gasteiger partial charge in [-0.05, 0) is 42.7 Å². The second kappa shape index (κ2) is 5.97. The smallest absolute Gasteiger partial charge is 0.175 e. The maximum Gasteiger partial charge on any atom is 0.175 e.